The Balaban J connectivity index is 2.24. The summed E-state index contributed by atoms with van der Waals surface area (Å²) in [5, 5.41) is 3.34. The van der Waals surface area contributed by atoms with Gasteiger partial charge in [-0.3, -0.25) is 4.90 Å². The zero-order valence-electron chi connectivity index (χ0n) is 11.4. The largest absolute Gasteiger partial charge is 0.401 e. The highest BCUT2D eigenvalue weighted by Gasteiger charge is 2.31. The molecule has 1 aliphatic heterocycles. The van der Waals surface area contributed by atoms with Gasteiger partial charge in [0, 0.05) is 6.04 Å². The fourth-order valence-electron chi connectivity index (χ4n) is 2.50. The van der Waals surface area contributed by atoms with Crippen LogP contribution in [0.3, 0.4) is 0 Å². The zero-order chi connectivity index (χ0) is 13.6. The predicted molar refractivity (Wildman–Crippen MR) is 67.6 cm³/mol. The summed E-state index contributed by atoms with van der Waals surface area (Å²) >= 11 is 0. The first-order valence-electron chi connectivity index (χ1n) is 6.90. The molecule has 1 N–H and O–H groups in total. The Labute approximate surface area is 108 Å². The molecular weight excluding hydrogens is 241 g/mol. The highest BCUT2D eigenvalue weighted by atomic mass is 19.4. The van der Waals surface area contributed by atoms with Crippen molar-refractivity contribution in [1.82, 2.24) is 10.2 Å². The first kappa shape index (κ1) is 15.8. The molecule has 1 fully saturated rings. The molecule has 0 amide bonds. The fourth-order valence-corrected chi connectivity index (χ4v) is 2.50. The standard InChI is InChI=1S/C13H25F3N2/c1-11(2)18(10-13(14,15)16)8-4-6-12-5-3-7-17-9-12/h11-12,17H,3-10H2,1-2H3. The molecule has 0 aromatic rings. The molecule has 1 rings (SSSR count). The van der Waals surface area contributed by atoms with Gasteiger partial charge in [0.2, 0.25) is 0 Å². The van der Waals surface area contributed by atoms with Crippen molar-refractivity contribution in [3.8, 4) is 0 Å². The Morgan fingerprint density at radius 3 is 2.56 bits per heavy atom. The van der Waals surface area contributed by atoms with Gasteiger partial charge in [0.05, 0.1) is 6.54 Å². The van der Waals surface area contributed by atoms with Crippen molar-refractivity contribution in [2.75, 3.05) is 26.2 Å². The van der Waals surface area contributed by atoms with Crippen LogP contribution < -0.4 is 5.32 Å². The van der Waals surface area contributed by atoms with E-state index in [1.165, 1.54) is 17.7 Å². The third-order valence-corrected chi connectivity index (χ3v) is 3.57. The molecule has 1 heterocycles. The van der Waals surface area contributed by atoms with Crippen LogP contribution in [0, 0.1) is 5.92 Å². The summed E-state index contributed by atoms with van der Waals surface area (Å²) in [6.07, 6.45) is 0.223. The molecule has 108 valence electrons. The number of hydrogen-bond acceptors (Lipinski definition) is 2. The molecule has 1 unspecified atom stereocenters. The van der Waals surface area contributed by atoms with Gasteiger partial charge < -0.3 is 5.32 Å². The van der Waals surface area contributed by atoms with E-state index < -0.39 is 12.7 Å². The van der Waals surface area contributed by atoms with Crippen LogP contribution in [-0.4, -0.2) is 43.3 Å². The molecule has 1 saturated heterocycles. The van der Waals surface area contributed by atoms with Crippen LogP contribution >= 0.6 is 0 Å². The van der Waals surface area contributed by atoms with E-state index in [0.717, 1.165) is 25.9 Å². The van der Waals surface area contributed by atoms with Crippen LogP contribution in [0.1, 0.15) is 39.5 Å². The molecule has 0 radical (unpaired) electrons. The van der Waals surface area contributed by atoms with E-state index in [-0.39, 0.29) is 6.04 Å². The zero-order valence-corrected chi connectivity index (χ0v) is 11.4. The van der Waals surface area contributed by atoms with Crippen molar-refractivity contribution in [3.05, 3.63) is 0 Å². The minimum atomic E-state index is -4.09. The molecule has 5 heteroatoms. The monoisotopic (exact) mass is 266 g/mol. The van der Waals surface area contributed by atoms with Crippen LogP contribution in [0.5, 0.6) is 0 Å². The van der Waals surface area contributed by atoms with Crippen molar-refractivity contribution in [1.29, 1.82) is 0 Å². The lowest BCUT2D eigenvalue weighted by Crippen LogP contribution is -2.40. The highest BCUT2D eigenvalue weighted by molar-refractivity contribution is 4.72. The van der Waals surface area contributed by atoms with Crippen molar-refractivity contribution in [2.45, 2.75) is 51.7 Å². The summed E-state index contributed by atoms with van der Waals surface area (Å²) < 4.78 is 37.2. The van der Waals surface area contributed by atoms with Crippen molar-refractivity contribution >= 4 is 0 Å². The average Bonchev–Trinajstić information content (AvgIpc) is 2.27. The molecule has 1 atom stereocenters. The fraction of sp³-hybridized carbons (Fsp3) is 1.00. The minimum absolute atomic E-state index is 0.0453. The Morgan fingerprint density at radius 1 is 1.33 bits per heavy atom. The van der Waals surface area contributed by atoms with Gasteiger partial charge in [0.1, 0.15) is 0 Å². The maximum Gasteiger partial charge on any atom is 0.401 e. The van der Waals surface area contributed by atoms with Gasteiger partial charge in [-0.05, 0) is 65.1 Å². The summed E-state index contributed by atoms with van der Waals surface area (Å²) in [6, 6.07) is -0.0453. The average molecular weight is 266 g/mol. The lowest BCUT2D eigenvalue weighted by atomic mass is 9.94. The van der Waals surface area contributed by atoms with Crippen molar-refractivity contribution in [2.24, 2.45) is 5.92 Å². The molecule has 0 bridgehead atoms. The van der Waals surface area contributed by atoms with E-state index in [1.807, 2.05) is 13.8 Å². The van der Waals surface area contributed by atoms with E-state index in [9.17, 15) is 13.2 Å². The number of hydrogen-bond donors (Lipinski definition) is 1. The number of piperidine rings is 1. The second-order valence-corrected chi connectivity index (χ2v) is 5.53. The highest BCUT2D eigenvalue weighted by Crippen LogP contribution is 2.20. The number of nitrogens with one attached hydrogen (secondary N) is 1. The third-order valence-electron chi connectivity index (χ3n) is 3.57. The van der Waals surface area contributed by atoms with Crippen LogP contribution in [0.25, 0.3) is 0 Å². The van der Waals surface area contributed by atoms with E-state index in [2.05, 4.69) is 5.32 Å². The first-order valence-corrected chi connectivity index (χ1v) is 6.90. The number of alkyl halides is 3. The van der Waals surface area contributed by atoms with Crippen molar-refractivity contribution < 1.29 is 13.2 Å². The predicted octanol–water partition coefficient (Wildman–Crippen LogP) is 3.04. The molecule has 0 saturated carbocycles. The van der Waals surface area contributed by atoms with Gasteiger partial charge in [-0.1, -0.05) is 0 Å². The quantitative estimate of drug-likeness (QED) is 0.795. The number of halogens is 3. The van der Waals surface area contributed by atoms with E-state index in [0.29, 0.717) is 12.5 Å². The molecule has 0 aromatic heterocycles. The lowest BCUT2D eigenvalue weighted by molar-refractivity contribution is -0.149. The summed E-state index contributed by atoms with van der Waals surface area (Å²) in [6.45, 7) is 5.53. The SMILES string of the molecule is CC(C)N(CCCC1CCCNC1)CC(F)(F)F. The van der Waals surface area contributed by atoms with Crippen LogP contribution in [0.2, 0.25) is 0 Å². The molecule has 0 spiro atoms. The van der Waals surface area contributed by atoms with Gasteiger partial charge in [-0.15, -0.1) is 0 Å². The Morgan fingerprint density at radius 2 is 2.06 bits per heavy atom. The second-order valence-electron chi connectivity index (χ2n) is 5.53. The summed E-state index contributed by atoms with van der Waals surface area (Å²) in [5.41, 5.74) is 0. The van der Waals surface area contributed by atoms with Gasteiger partial charge in [-0.2, -0.15) is 13.2 Å². The molecule has 0 aromatic carbocycles. The lowest BCUT2D eigenvalue weighted by Gasteiger charge is -2.29. The molecule has 0 aliphatic carbocycles. The molecule has 2 nitrogen and oxygen atoms in total. The van der Waals surface area contributed by atoms with Gasteiger partial charge in [-0.25, -0.2) is 0 Å². The summed E-state index contributed by atoms with van der Waals surface area (Å²) in [4.78, 5) is 1.52. The van der Waals surface area contributed by atoms with E-state index >= 15 is 0 Å². The maximum atomic E-state index is 12.4. The Kier molecular flexibility index (Phi) is 6.43. The summed E-state index contributed by atoms with van der Waals surface area (Å²) in [7, 11) is 0. The Bertz CT molecular complexity index is 223. The second kappa shape index (κ2) is 7.34. The van der Waals surface area contributed by atoms with E-state index in [4.69, 9.17) is 0 Å². The normalized spacial score (nSPS) is 21.8. The number of rotatable bonds is 6. The van der Waals surface area contributed by atoms with Crippen LogP contribution in [-0.2, 0) is 0 Å². The van der Waals surface area contributed by atoms with Gasteiger partial charge in [0.15, 0.2) is 0 Å². The molecular formula is C13H25F3N2. The maximum absolute atomic E-state index is 12.4. The number of nitrogens with zero attached hydrogens (tertiary/aromatic N) is 1. The third kappa shape index (κ3) is 6.59. The van der Waals surface area contributed by atoms with Gasteiger partial charge >= 0.3 is 6.18 Å². The van der Waals surface area contributed by atoms with Crippen LogP contribution in [0.15, 0.2) is 0 Å². The van der Waals surface area contributed by atoms with Gasteiger partial charge in [0.25, 0.3) is 0 Å². The Hall–Kier alpha value is -0.290. The van der Waals surface area contributed by atoms with Crippen molar-refractivity contribution in [3.63, 3.8) is 0 Å². The topological polar surface area (TPSA) is 15.3 Å². The van der Waals surface area contributed by atoms with Crippen LogP contribution in [0.4, 0.5) is 13.2 Å². The first-order chi connectivity index (χ1) is 8.38. The smallest absolute Gasteiger partial charge is 0.316 e. The van der Waals surface area contributed by atoms with E-state index in [1.54, 1.807) is 0 Å². The molecule has 18 heavy (non-hydrogen) atoms. The summed E-state index contributed by atoms with van der Waals surface area (Å²) in [5.74, 6) is 0.652. The molecule has 1 aliphatic rings. The minimum Gasteiger partial charge on any atom is -0.316 e.